The van der Waals surface area contributed by atoms with Gasteiger partial charge in [-0.25, -0.2) is 17.2 Å². The lowest BCUT2D eigenvalue weighted by Gasteiger charge is -2.16. The normalized spacial score (nSPS) is 17.9. The Bertz CT molecular complexity index is 973. The highest BCUT2D eigenvalue weighted by atomic mass is 35.5. The lowest BCUT2D eigenvalue weighted by molar-refractivity contribution is 0.208. The van der Waals surface area contributed by atoms with Crippen LogP contribution in [0.2, 0.25) is 10.0 Å². The molecule has 5 nitrogen and oxygen atoms in total. The quantitative estimate of drug-likeness (QED) is 0.714. The van der Waals surface area contributed by atoms with E-state index >= 15 is 0 Å². The van der Waals surface area contributed by atoms with Crippen LogP contribution in [0.1, 0.15) is 6.42 Å². The fourth-order valence-corrected chi connectivity index (χ4v) is 4.49. The van der Waals surface area contributed by atoms with Crippen molar-refractivity contribution in [3.05, 3.63) is 52.0 Å². The Hall–Kier alpha value is -1.61. The van der Waals surface area contributed by atoms with Crippen molar-refractivity contribution < 1.29 is 21.9 Å². The zero-order valence-electron chi connectivity index (χ0n) is 14.2. The molecule has 1 heterocycles. The fraction of sp³-hybridized carbons (Fsp3) is 0.294. The van der Waals surface area contributed by atoms with Gasteiger partial charge in [-0.05, 0) is 37.7 Å². The first-order valence-corrected chi connectivity index (χ1v) is 10.2. The summed E-state index contributed by atoms with van der Waals surface area (Å²) in [7, 11) is -2.27. The van der Waals surface area contributed by atoms with Gasteiger partial charge in [0.2, 0.25) is 0 Å². The number of nitrogens with zero attached hydrogens (tertiary/aromatic N) is 1. The smallest absolute Gasteiger partial charge is 0.263 e. The van der Waals surface area contributed by atoms with E-state index in [1.54, 1.807) is 0 Å². The number of rotatable bonds is 5. The molecule has 0 aliphatic carbocycles. The molecule has 3 rings (SSSR count). The lowest BCUT2D eigenvalue weighted by Crippen LogP contribution is -2.21. The first-order chi connectivity index (χ1) is 12.7. The molecule has 0 amide bonds. The van der Waals surface area contributed by atoms with Crippen molar-refractivity contribution in [3.63, 3.8) is 0 Å². The molecule has 146 valence electrons. The summed E-state index contributed by atoms with van der Waals surface area (Å²) in [4.78, 5) is 1.54. The number of hydrogen-bond donors (Lipinski definition) is 1. The Morgan fingerprint density at radius 2 is 1.85 bits per heavy atom. The van der Waals surface area contributed by atoms with Gasteiger partial charge in [0, 0.05) is 19.2 Å². The fourth-order valence-electron chi connectivity index (χ4n) is 2.75. The third-order valence-corrected chi connectivity index (χ3v) is 6.25. The summed E-state index contributed by atoms with van der Waals surface area (Å²) in [6, 6.07) is 5.49. The van der Waals surface area contributed by atoms with Gasteiger partial charge in [-0.3, -0.25) is 4.72 Å². The number of anilines is 1. The third kappa shape index (κ3) is 4.63. The molecule has 27 heavy (non-hydrogen) atoms. The molecule has 0 bridgehead atoms. The molecule has 0 aromatic heterocycles. The van der Waals surface area contributed by atoms with Gasteiger partial charge in [-0.2, -0.15) is 0 Å². The van der Waals surface area contributed by atoms with E-state index < -0.39 is 31.6 Å². The summed E-state index contributed by atoms with van der Waals surface area (Å²) < 4.78 is 59.8. The van der Waals surface area contributed by atoms with Gasteiger partial charge in [-0.1, -0.05) is 23.2 Å². The average molecular weight is 437 g/mol. The van der Waals surface area contributed by atoms with Crippen LogP contribution in [0.3, 0.4) is 0 Å². The predicted octanol–water partition coefficient (Wildman–Crippen LogP) is 4.16. The number of nitrogens with one attached hydrogen (secondary N) is 1. The lowest BCUT2D eigenvalue weighted by atomic mass is 10.3. The maximum absolute atomic E-state index is 13.4. The second kappa shape index (κ2) is 7.79. The maximum Gasteiger partial charge on any atom is 0.263 e. The number of likely N-dealkylation sites (N-methyl/N-ethyl adjacent to an activating group) is 1. The molecule has 2 aromatic rings. The van der Waals surface area contributed by atoms with Crippen LogP contribution in [0, 0.1) is 11.6 Å². The molecule has 1 unspecified atom stereocenters. The van der Waals surface area contributed by atoms with E-state index in [0.717, 1.165) is 19.5 Å². The molecule has 1 aliphatic heterocycles. The van der Waals surface area contributed by atoms with Crippen molar-refractivity contribution in [2.75, 3.05) is 24.9 Å². The molecule has 0 spiro atoms. The summed E-state index contributed by atoms with van der Waals surface area (Å²) in [6.45, 7) is 1.62. The number of likely N-dealkylation sites (tertiary alicyclic amines) is 1. The van der Waals surface area contributed by atoms with Crippen LogP contribution in [0.4, 0.5) is 14.5 Å². The van der Waals surface area contributed by atoms with Crippen LogP contribution in [0.5, 0.6) is 5.75 Å². The monoisotopic (exact) mass is 436 g/mol. The maximum atomic E-state index is 13.4. The van der Waals surface area contributed by atoms with Gasteiger partial charge in [0.15, 0.2) is 11.6 Å². The Balaban J connectivity index is 1.85. The van der Waals surface area contributed by atoms with Crippen LogP contribution in [0.25, 0.3) is 0 Å². The summed E-state index contributed by atoms with van der Waals surface area (Å²) in [6.07, 6.45) is 0.771. The molecule has 0 radical (unpaired) electrons. The molecule has 1 saturated heterocycles. The van der Waals surface area contributed by atoms with E-state index in [1.165, 1.54) is 18.2 Å². The molecule has 0 saturated carbocycles. The number of sulfonamides is 1. The van der Waals surface area contributed by atoms with E-state index in [-0.39, 0.29) is 11.8 Å². The van der Waals surface area contributed by atoms with Crippen LogP contribution < -0.4 is 9.46 Å². The van der Waals surface area contributed by atoms with Crippen LogP contribution >= 0.6 is 23.2 Å². The first kappa shape index (κ1) is 20.1. The van der Waals surface area contributed by atoms with E-state index in [1.807, 2.05) is 7.05 Å². The second-order valence-electron chi connectivity index (χ2n) is 6.24. The summed E-state index contributed by atoms with van der Waals surface area (Å²) in [5.41, 5.74) is 0.154. The van der Waals surface area contributed by atoms with Gasteiger partial charge < -0.3 is 9.64 Å². The van der Waals surface area contributed by atoms with Crippen LogP contribution in [-0.2, 0) is 10.0 Å². The van der Waals surface area contributed by atoms with Gasteiger partial charge in [-0.15, -0.1) is 0 Å². The minimum Gasteiger partial charge on any atom is -0.487 e. The Kier molecular flexibility index (Phi) is 5.81. The molecule has 1 N–H and O–H groups in total. The van der Waals surface area contributed by atoms with Crippen LogP contribution in [-0.4, -0.2) is 39.6 Å². The van der Waals surface area contributed by atoms with Crippen molar-refractivity contribution in [1.82, 2.24) is 4.90 Å². The SMILES string of the molecule is CN1CCC(Oc2cc(NS(=O)(=O)c3cc(F)c(F)cc3Cl)ccc2Cl)C1. The summed E-state index contributed by atoms with van der Waals surface area (Å²) >= 11 is 11.9. The summed E-state index contributed by atoms with van der Waals surface area (Å²) in [5, 5.41) is -0.0980. The zero-order chi connectivity index (χ0) is 19.8. The number of hydrogen-bond acceptors (Lipinski definition) is 4. The van der Waals surface area contributed by atoms with Gasteiger partial charge in [0.05, 0.1) is 15.7 Å². The molecular formula is C17H16Cl2F2N2O3S. The Labute approximate surface area is 165 Å². The molecule has 1 fully saturated rings. The van der Waals surface area contributed by atoms with Gasteiger partial charge in [0.25, 0.3) is 10.0 Å². The molecule has 1 aliphatic rings. The zero-order valence-corrected chi connectivity index (χ0v) is 16.5. The van der Waals surface area contributed by atoms with E-state index in [4.69, 9.17) is 27.9 Å². The molecular weight excluding hydrogens is 421 g/mol. The number of ether oxygens (including phenoxy) is 1. The molecule has 2 aromatic carbocycles. The van der Waals surface area contributed by atoms with Crippen molar-refractivity contribution >= 4 is 38.9 Å². The van der Waals surface area contributed by atoms with E-state index in [2.05, 4.69) is 9.62 Å². The minimum absolute atomic E-state index is 0.0556. The third-order valence-electron chi connectivity index (χ3n) is 4.09. The highest BCUT2D eigenvalue weighted by molar-refractivity contribution is 7.92. The molecule has 10 heteroatoms. The molecule has 1 atom stereocenters. The van der Waals surface area contributed by atoms with E-state index in [9.17, 15) is 17.2 Å². The van der Waals surface area contributed by atoms with Crippen molar-refractivity contribution in [3.8, 4) is 5.75 Å². The minimum atomic E-state index is -4.24. The van der Waals surface area contributed by atoms with Crippen LogP contribution in [0.15, 0.2) is 35.2 Å². The predicted molar refractivity (Wildman–Crippen MR) is 100 cm³/mol. The van der Waals surface area contributed by atoms with Gasteiger partial charge in [0.1, 0.15) is 16.7 Å². The van der Waals surface area contributed by atoms with E-state index in [0.29, 0.717) is 22.9 Å². The second-order valence-corrected chi connectivity index (χ2v) is 8.70. The van der Waals surface area contributed by atoms with Gasteiger partial charge >= 0.3 is 0 Å². The Morgan fingerprint density at radius 1 is 1.15 bits per heavy atom. The van der Waals surface area contributed by atoms with Crippen molar-refractivity contribution in [2.24, 2.45) is 0 Å². The number of benzene rings is 2. The highest BCUT2D eigenvalue weighted by Gasteiger charge is 2.24. The number of halogens is 4. The standard InChI is InChI=1S/C17H16Cl2F2N2O3S/c1-23-5-4-11(9-23)26-16-6-10(2-3-12(16)18)22-27(24,25)17-8-15(21)14(20)7-13(17)19/h2-3,6-8,11,22H,4-5,9H2,1H3. The van der Waals surface area contributed by atoms with Crippen molar-refractivity contribution in [1.29, 1.82) is 0 Å². The van der Waals surface area contributed by atoms with Crippen molar-refractivity contribution in [2.45, 2.75) is 17.4 Å². The topological polar surface area (TPSA) is 58.6 Å². The highest BCUT2D eigenvalue weighted by Crippen LogP contribution is 2.32. The summed E-state index contributed by atoms with van der Waals surface area (Å²) in [5.74, 6) is -2.22. The largest absolute Gasteiger partial charge is 0.487 e. The first-order valence-electron chi connectivity index (χ1n) is 7.98. The Morgan fingerprint density at radius 3 is 2.52 bits per heavy atom. The average Bonchev–Trinajstić information content (AvgIpc) is 2.98.